The molecule has 0 fully saturated rings. The molecule has 0 bridgehead atoms. The summed E-state index contributed by atoms with van der Waals surface area (Å²) in [5, 5.41) is 9.99. The van der Waals surface area contributed by atoms with E-state index in [1.54, 1.807) is 12.1 Å². The molecule has 1 heterocycles. The molecule has 0 saturated heterocycles. The predicted octanol–water partition coefficient (Wildman–Crippen LogP) is 7.07. The summed E-state index contributed by atoms with van der Waals surface area (Å²) in [6, 6.07) is 23.1. The van der Waals surface area contributed by atoms with E-state index in [0.29, 0.717) is 20.0 Å². The van der Waals surface area contributed by atoms with Crippen molar-refractivity contribution < 1.29 is 54.1 Å². The van der Waals surface area contributed by atoms with E-state index in [2.05, 4.69) is 9.46 Å². The molecule has 0 radical (unpaired) electrons. The molecule has 15 heteroatoms. The van der Waals surface area contributed by atoms with Gasteiger partial charge in [0.05, 0.1) is 4.90 Å². The molecule has 8 nitrogen and oxygen atoms in total. The van der Waals surface area contributed by atoms with Gasteiger partial charge in [0.25, 0.3) is 5.60 Å². The molecule has 0 unspecified atom stereocenters. The Hall–Kier alpha value is -4.60. The third-order valence-corrected chi connectivity index (χ3v) is 9.74. The van der Waals surface area contributed by atoms with E-state index in [1.165, 1.54) is 18.2 Å². The lowest BCUT2D eigenvalue weighted by atomic mass is 9.83. The summed E-state index contributed by atoms with van der Waals surface area (Å²) in [5.41, 5.74) is -1.38. The van der Waals surface area contributed by atoms with Gasteiger partial charge < -0.3 is 19.5 Å². The standard InChI is InChI=1S/C34H30F6N2O6S/c1-47-32(31(43)44,33(35,36)37)28-11-5-4-10-27(28)24(20-41-49(45,46)26-18-16-25(17-19-26)48-34(38,39)40)21-42-29-12-6-2-8-22(29)14-15-23-9-3-7-13-30(23)42/h2-13,16-19,24,41H,14-15,20-21H2,1H3,(H,43,44)/t24-,32+/m0/s1. The highest BCUT2D eigenvalue weighted by Gasteiger charge is 2.64. The second-order valence-corrected chi connectivity index (χ2v) is 13.0. The first-order valence-corrected chi connectivity index (χ1v) is 16.3. The minimum absolute atomic E-state index is 0.122. The SMILES string of the molecule is CO[C@@](C(=O)O)(c1ccccc1[C@@H](CNS(=O)(=O)c1ccc(OC(F)(F)F)cc1)CN1c2ccccc2CCc2ccccc21)C(F)(F)F. The molecule has 2 N–H and O–H groups in total. The van der Waals surface area contributed by atoms with E-state index >= 15 is 0 Å². The number of ether oxygens (including phenoxy) is 2. The highest BCUT2D eigenvalue weighted by Crippen LogP contribution is 2.46. The third-order valence-electron chi connectivity index (χ3n) is 8.31. The molecule has 4 aromatic rings. The topological polar surface area (TPSA) is 105 Å². The predicted molar refractivity (Wildman–Crippen MR) is 167 cm³/mol. The minimum Gasteiger partial charge on any atom is -0.479 e. The molecular formula is C34H30F6N2O6S. The number of nitrogens with zero attached hydrogens (tertiary/aromatic N) is 1. The molecule has 0 aromatic heterocycles. The fourth-order valence-corrected chi connectivity index (χ4v) is 7.13. The molecule has 5 rings (SSSR count). The lowest BCUT2D eigenvalue weighted by Crippen LogP contribution is -2.51. The van der Waals surface area contributed by atoms with Crippen LogP contribution in [0.5, 0.6) is 5.75 Å². The number of hydrogen-bond acceptors (Lipinski definition) is 6. The second kappa shape index (κ2) is 13.7. The Labute approximate surface area is 277 Å². The Morgan fingerprint density at radius 2 is 1.37 bits per heavy atom. The molecule has 4 aromatic carbocycles. The number of carboxylic acid groups (broad SMARTS) is 1. The Morgan fingerprint density at radius 1 is 0.837 bits per heavy atom. The monoisotopic (exact) mass is 708 g/mol. The van der Waals surface area contributed by atoms with Crippen molar-refractivity contribution in [3.05, 3.63) is 119 Å². The number of aryl methyl sites for hydroxylation is 2. The van der Waals surface area contributed by atoms with Crippen molar-refractivity contribution >= 4 is 27.4 Å². The number of methoxy groups -OCH3 is 1. The van der Waals surface area contributed by atoms with Crippen LogP contribution < -0.4 is 14.4 Å². The molecule has 0 saturated carbocycles. The number of carboxylic acids is 1. The number of sulfonamides is 1. The van der Waals surface area contributed by atoms with E-state index in [9.17, 15) is 44.7 Å². The van der Waals surface area contributed by atoms with Crippen molar-refractivity contribution in [2.24, 2.45) is 0 Å². The van der Waals surface area contributed by atoms with E-state index in [4.69, 9.17) is 4.74 Å². The normalized spacial score (nSPS) is 15.4. The molecule has 1 aliphatic heterocycles. The minimum atomic E-state index is -5.43. The van der Waals surface area contributed by atoms with Crippen LogP contribution in [0.3, 0.4) is 0 Å². The van der Waals surface area contributed by atoms with Gasteiger partial charge in [0, 0.05) is 43.1 Å². The number of halogens is 6. The number of aliphatic carboxylic acids is 1. The summed E-state index contributed by atoms with van der Waals surface area (Å²) in [5.74, 6) is -4.12. The first-order chi connectivity index (χ1) is 23.1. The fraction of sp³-hybridized carbons (Fsp3) is 0.265. The number of hydrogen-bond donors (Lipinski definition) is 2. The van der Waals surface area contributed by atoms with E-state index in [1.807, 2.05) is 41.3 Å². The van der Waals surface area contributed by atoms with Gasteiger partial charge in [0.1, 0.15) is 5.75 Å². The Kier molecular flexibility index (Phi) is 10.00. The van der Waals surface area contributed by atoms with Crippen LogP contribution in [0.4, 0.5) is 37.7 Å². The summed E-state index contributed by atoms with van der Waals surface area (Å²) in [6.45, 7) is -0.665. The van der Waals surface area contributed by atoms with Crippen molar-refractivity contribution in [3.8, 4) is 5.75 Å². The van der Waals surface area contributed by atoms with Crippen LogP contribution in [0.2, 0.25) is 0 Å². The van der Waals surface area contributed by atoms with Gasteiger partial charge in [-0.3, -0.25) is 0 Å². The molecule has 0 aliphatic carbocycles. The molecule has 260 valence electrons. The van der Waals surface area contributed by atoms with E-state index in [-0.39, 0.29) is 12.1 Å². The molecule has 1 aliphatic rings. The Bertz CT molecular complexity index is 1870. The van der Waals surface area contributed by atoms with Gasteiger partial charge in [0.15, 0.2) is 0 Å². The van der Waals surface area contributed by atoms with Gasteiger partial charge in [-0.25, -0.2) is 17.9 Å². The zero-order chi connectivity index (χ0) is 35.6. The first kappa shape index (κ1) is 35.7. The average Bonchev–Trinajstić information content (AvgIpc) is 3.19. The maximum atomic E-state index is 14.7. The van der Waals surface area contributed by atoms with Crippen molar-refractivity contribution in [1.29, 1.82) is 0 Å². The zero-order valence-electron chi connectivity index (χ0n) is 25.8. The third kappa shape index (κ3) is 7.38. The summed E-state index contributed by atoms with van der Waals surface area (Å²) >= 11 is 0. The van der Waals surface area contributed by atoms with Crippen LogP contribution in [-0.4, -0.2) is 52.2 Å². The molecule has 0 spiro atoms. The van der Waals surface area contributed by atoms with Gasteiger partial charge in [-0.1, -0.05) is 60.7 Å². The fourth-order valence-electron chi connectivity index (χ4n) is 6.05. The van der Waals surface area contributed by atoms with Crippen LogP contribution in [0.25, 0.3) is 0 Å². The van der Waals surface area contributed by atoms with E-state index < -0.39 is 62.8 Å². The van der Waals surface area contributed by atoms with Crippen LogP contribution in [0.1, 0.15) is 28.2 Å². The van der Waals surface area contributed by atoms with Gasteiger partial charge in [-0.15, -0.1) is 13.2 Å². The smallest absolute Gasteiger partial charge is 0.479 e. The molecule has 0 amide bonds. The lowest BCUT2D eigenvalue weighted by Gasteiger charge is -2.36. The highest BCUT2D eigenvalue weighted by atomic mass is 32.2. The molecule has 49 heavy (non-hydrogen) atoms. The number of anilines is 2. The van der Waals surface area contributed by atoms with Crippen LogP contribution in [0, 0.1) is 0 Å². The van der Waals surface area contributed by atoms with Gasteiger partial charge in [0.2, 0.25) is 10.0 Å². The first-order valence-electron chi connectivity index (χ1n) is 14.8. The van der Waals surface area contributed by atoms with Crippen molar-refractivity contribution in [1.82, 2.24) is 4.72 Å². The number of nitrogens with one attached hydrogen (secondary N) is 1. The van der Waals surface area contributed by atoms with Crippen molar-refractivity contribution in [2.75, 3.05) is 25.1 Å². The van der Waals surface area contributed by atoms with Crippen LogP contribution in [-0.2, 0) is 38.0 Å². The maximum absolute atomic E-state index is 14.7. The number of fused-ring (bicyclic) bond motifs is 2. The quantitative estimate of drug-likeness (QED) is 0.161. The molecule has 2 atom stereocenters. The summed E-state index contributed by atoms with van der Waals surface area (Å²) in [6.07, 6.45) is -9.15. The summed E-state index contributed by atoms with van der Waals surface area (Å²) in [4.78, 5) is 13.8. The van der Waals surface area contributed by atoms with E-state index in [0.717, 1.165) is 52.8 Å². The molecular weight excluding hydrogens is 678 g/mol. The van der Waals surface area contributed by atoms with Gasteiger partial charge in [-0.05, 0) is 65.9 Å². The van der Waals surface area contributed by atoms with Crippen molar-refractivity contribution in [3.63, 3.8) is 0 Å². The maximum Gasteiger partial charge on any atom is 0.573 e. The van der Waals surface area contributed by atoms with Gasteiger partial charge in [-0.2, -0.15) is 13.2 Å². The Morgan fingerprint density at radius 3 is 1.88 bits per heavy atom. The largest absolute Gasteiger partial charge is 0.573 e. The number of carbonyl (C=O) groups is 1. The lowest BCUT2D eigenvalue weighted by molar-refractivity contribution is -0.275. The Balaban J connectivity index is 1.62. The van der Waals surface area contributed by atoms with Gasteiger partial charge >= 0.3 is 18.5 Å². The second-order valence-electron chi connectivity index (χ2n) is 11.2. The zero-order valence-corrected chi connectivity index (χ0v) is 26.6. The number of benzene rings is 4. The average molecular weight is 709 g/mol. The summed E-state index contributed by atoms with van der Waals surface area (Å²) in [7, 11) is -3.84. The number of alkyl halides is 6. The number of rotatable bonds is 11. The van der Waals surface area contributed by atoms with Crippen LogP contribution >= 0.6 is 0 Å². The number of para-hydroxylation sites is 2. The van der Waals surface area contributed by atoms with Crippen LogP contribution in [0.15, 0.2) is 102 Å². The highest BCUT2D eigenvalue weighted by molar-refractivity contribution is 7.89. The summed E-state index contributed by atoms with van der Waals surface area (Å²) < 4.78 is 120. The van der Waals surface area contributed by atoms with Crippen molar-refractivity contribution in [2.45, 2.75) is 41.8 Å².